The first-order chi connectivity index (χ1) is 12.3. The second kappa shape index (κ2) is 6.51. The van der Waals surface area contributed by atoms with Crippen LogP contribution < -0.4 is 11.3 Å². The fraction of sp³-hybridized carbons (Fsp3) is 0.158. The van der Waals surface area contributed by atoms with Crippen LogP contribution in [0.15, 0.2) is 54.8 Å². The maximum absolute atomic E-state index is 14.5. The van der Waals surface area contributed by atoms with Crippen LogP contribution in [-0.4, -0.2) is 10.2 Å². The van der Waals surface area contributed by atoms with Crippen molar-refractivity contribution in [3.8, 4) is 11.5 Å². The molecule has 0 radical (unpaired) electrons. The highest BCUT2D eigenvalue weighted by atomic mass is 19.1. The van der Waals surface area contributed by atoms with E-state index >= 15 is 0 Å². The smallest absolute Gasteiger partial charge is 0.343 e. The van der Waals surface area contributed by atoms with Gasteiger partial charge in [-0.2, -0.15) is 0 Å². The number of aromatic hydroxyl groups is 2. The zero-order valence-electron chi connectivity index (χ0n) is 13.9. The predicted octanol–water partition coefficient (Wildman–Crippen LogP) is 2.94. The van der Waals surface area contributed by atoms with Gasteiger partial charge in [-0.15, -0.1) is 0 Å². The highest BCUT2D eigenvalue weighted by Gasteiger charge is 2.32. The summed E-state index contributed by atoms with van der Waals surface area (Å²) >= 11 is 0. The predicted molar refractivity (Wildman–Crippen MR) is 90.1 cm³/mol. The Morgan fingerprint density at radius 2 is 1.35 bits per heavy atom. The second-order valence-corrected chi connectivity index (χ2v) is 5.84. The Labute approximate surface area is 146 Å². The molecule has 0 aliphatic rings. The Kier molecular flexibility index (Phi) is 4.38. The second-order valence-electron chi connectivity index (χ2n) is 5.84. The van der Waals surface area contributed by atoms with Crippen LogP contribution in [0.3, 0.4) is 0 Å². The van der Waals surface area contributed by atoms with Crippen LogP contribution in [-0.2, 0) is 0 Å². The van der Waals surface area contributed by atoms with Crippen LogP contribution >= 0.6 is 0 Å². The first-order valence-electron chi connectivity index (χ1n) is 7.71. The molecule has 7 heteroatoms. The maximum Gasteiger partial charge on any atom is 0.343 e. The normalized spacial score (nSPS) is 11.1. The SMILES string of the molecule is Cc1cc(O)c(C(c2ccccc2F)c2c(O)cc(C)oc2=O)c(=O)o1. The zero-order chi connectivity index (χ0) is 19.0. The molecule has 0 atom stereocenters. The molecule has 3 aromatic rings. The van der Waals surface area contributed by atoms with Crippen LogP contribution in [0.2, 0.25) is 0 Å². The van der Waals surface area contributed by atoms with E-state index in [-0.39, 0.29) is 28.2 Å². The van der Waals surface area contributed by atoms with Gasteiger partial charge in [0.15, 0.2) is 0 Å². The number of rotatable bonds is 3. The standard InChI is InChI=1S/C19H15FO6/c1-9-7-13(21)16(18(23)25-9)15(11-5-3-4-6-12(11)20)17-14(22)8-10(2)26-19(17)24/h3-8,15,21-22H,1-2H3. The number of halogens is 1. The summed E-state index contributed by atoms with van der Waals surface area (Å²) in [5.74, 6) is -2.81. The molecule has 0 saturated carbocycles. The van der Waals surface area contributed by atoms with E-state index in [1.807, 2.05) is 0 Å². The van der Waals surface area contributed by atoms with Crippen molar-refractivity contribution in [3.05, 3.63) is 91.3 Å². The maximum atomic E-state index is 14.5. The molecule has 3 rings (SSSR count). The van der Waals surface area contributed by atoms with Gasteiger partial charge in [0.05, 0.1) is 17.0 Å². The van der Waals surface area contributed by atoms with E-state index in [0.717, 1.165) is 6.07 Å². The van der Waals surface area contributed by atoms with Gasteiger partial charge in [-0.1, -0.05) is 18.2 Å². The Balaban J connectivity index is 2.43. The first kappa shape index (κ1) is 17.5. The number of aryl methyl sites for hydroxylation is 2. The van der Waals surface area contributed by atoms with Crippen LogP contribution in [0.25, 0.3) is 0 Å². The molecule has 0 aliphatic carbocycles. The van der Waals surface area contributed by atoms with Crippen LogP contribution in [0.1, 0.15) is 34.1 Å². The van der Waals surface area contributed by atoms with E-state index in [2.05, 4.69) is 0 Å². The molecule has 0 fully saturated rings. The van der Waals surface area contributed by atoms with Gasteiger partial charge in [0.2, 0.25) is 0 Å². The highest BCUT2D eigenvalue weighted by Crippen LogP contribution is 2.38. The van der Waals surface area contributed by atoms with Crippen molar-refractivity contribution < 1.29 is 23.4 Å². The molecule has 0 unspecified atom stereocenters. The number of hydrogen-bond donors (Lipinski definition) is 2. The summed E-state index contributed by atoms with van der Waals surface area (Å²) in [7, 11) is 0. The van der Waals surface area contributed by atoms with Gasteiger partial charge in [-0.25, -0.2) is 14.0 Å². The summed E-state index contributed by atoms with van der Waals surface area (Å²) in [4.78, 5) is 24.8. The third-order valence-electron chi connectivity index (χ3n) is 3.97. The highest BCUT2D eigenvalue weighted by molar-refractivity contribution is 5.51. The van der Waals surface area contributed by atoms with Gasteiger partial charge in [0.25, 0.3) is 0 Å². The van der Waals surface area contributed by atoms with Crippen molar-refractivity contribution in [3.63, 3.8) is 0 Å². The minimum atomic E-state index is -1.41. The summed E-state index contributed by atoms with van der Waals surface area (Å²) in [5.41, 5.74) is -2.73. The largest absolute Gasteiger partial charge is 0.507 e. The van der Waals surface area contributed by atoms with Gasteiger partial charge in [-0.3, -0.25) is 0 Å². The van der Waals surface area contributed by atoms with Crippen molar-refractivity contribution in [2.24, 2.45) is 0 Å². The molecule has 1 aromatic carbocycles. The first-order valence-corrected chi connectivity index (χ1v) is 7.71. The van der Waals surface area contributed by atoms with Crippen LogP contribution in [0.5, 0.6) is 11.5 Å². The van der Waals surface area contributed by atoms with Gasteiger partial charge in [0, 0.05) is 17.7 Å². The van der Waals surface area contributed by atoms with E-state index in [1.54, 1.807) is 0 Å². The zero-order valence-corrected chi connectivity index (χ0v) is 13.9. The summed E-state index contributed by atoms with van der Waals surface area (Å²) in [6, 6.07) is 7.78. The van der Waals surface area contributed by atoms with Crippen molar-refractivity contribution in [1.82, 2.24) is 0 Å². The van der Waals surface area contributed by atoms with E-state index in [1.165, 1.54) is 44.2 Å². The van der Waals surface area contributed by atoms with Crippen LogP contribution in [0, 0.1) is 19.7 Å². The van der Waals surface area contributed by atoms with E-state index in [4.69, 9.17) is 8.83 Å². The van der Waals surface area contributed by atoms with Crippen molar-refractivity contribution >= 4 is 0 Å². The number of hydrogen-bond acceptors (Lipinski definition) is 6. The molecule has 0 amide bonds. The van der Waals surface area contributed by atoms with E-state index < -0.39 is 34.5 Å². The van der Waals surface area contributed by atoms with Crippen molar-refractivity contribution in [2.75, 3.05) is 0 Å². The molecular weight excluding hydrogens is 343 g/mol. The third kappa shape index (κ3) is 2.99. The average molecular weight is 358 g/mol. The minimum Gasteiger partial charge on any atom is -0.507 e. The van der Waals surface area contributed by atoms with E-state index in [0.29, 0.717) is 0 Å². The summed E-state index contributed by atoms with van der Waals surface area (Å²) in [6.07, 6.45) is 0. The molecule has 134 valence electrons. The van der Waals surface area contributed by atoms with Crippen molar-refractivity contribution in [2.45, 2.75) is 19.8 Å². The Morgan fingerprint density at radius 1 is 0.885 bits per heavy atom. The molecule has 2 heterocycles. The molecule has 0 aliphatic heterocycles. The fourth-order valence-electron chi connectivity index (χ4n) is 2.91. The van der Waals surface area contributed by atoms with Gasteiger partial charge in [-0.05, 0) is 19.9 Å². The molecule has 0 spiro atoms. The molecular formula is C19H15FO6. The Morgan fingerprint density at radius 3 is 1.77 bits per heavy atom. The molecule has 2 aromatic heterocycles. The minimum absolute atomic E-state index is 0.0922. The summed E-state index contributed by atoms with van der Waals surface area (Å²) in [6.45, 7) is 2.92. The topological polar surface area (TPSA) is 101 Å². The Hall–Kier alpha value is -3.35. The lowest BCUT2D eigenvalue weighted by Gasteiger charge is -2.19. The summed E-state index contributed by atoms with van der Waals surface area (Å²) < 4.78 is 24.5. The molecule has 6 nitrogen and oxygen atoms in total. The van der Waals surface area contributed by atoms with Gasteiger partial charge in [0.1, 0.15) is 28.8 Å². The van der Waals surface area contributed by atoms with Gasteiger partial charge >= 0.3 is 11.3 Å². The lowest BCUT2D eigenvalue weighted by atomic mass is 9.85. The quantitative estimate of drug-likeness (QED) is 0.747. The molecule has 0 saturated heterocycles. The summed E-state index contributed by atoms with van der Waals surface area (Å²) in [5, 5.41) is 20.6. The van der Waals surface area contributed by atoms with Gasteiger partial charge < -0.3 is 19.0 Å². The van der Waals surface area contributed by atoms with E-state index in [9.17, 15) is 24.2 Å². The molecule has 2 N–H and O–H groups in total. The molecule has 0 bridgehead atoms. The molecule has 26 heavy (non-hydrogen) atoms. The third-order valence-corrected chi connectivity index (χ3v) is 3.97. The fourth-order valence-corrected chi connectivity index (χ4v) is 2.91. The average Bonchev–Trinajstić information content (AvgIpc) is 2.52. The lowest BCUT2D eigenvalue weighted by molar-refractivity contribution is 0.406. The lowest BCUT2D eigenvalue weighted by Crippen LogP contribution is -2.22. The Bertz CT molecular complexity index is 1030. The number of benzene rings is 1. The van der Waals surface area contributed by atoms with Crippen LogP contribution in [0.4, 0.5) is 4.39 Å². The monoisotopic (exact) mass is 358 g/mol. The van der Waals surface area contributed by atoms with Crippen molar-refractivity contribution in [1.29, 1.82) is 0 Å².